The average molecular weight is 659 g/mol. The van der Waals surface area contributed by atoms with Gasteiger partial charge in [0.05, 0.1) is 11.9 Å². The van der Waals surface area contributed by atoms with E-state index in [9.17, 15) is 18.0 Å². The van der Waals surface area contributed by atoms with Crippen LogP contribution in [0.2, 0.25) is 0 Å². The number of carbonyl (C=O) groups excluding carboxylic acids is 2. The number of halogens is 1. The summed E-state index contributed by atoms with van der Waals surface area (Å²) in [5, 5.41) is 3.03. The van der Waals surface area contributed by atoms with Gasteiger partial charge in [-0.15, -0.1) is 0 Å². The maximum Gasteiger partial charge on any atom is 0.244 e. The number of ether oxygens (including phenoxy) is 2. The summed E-state index contributed by atoms with van der Waals surface area (Å²) in [6, 6.07) is 20.7. The molecule has 11 heteroatoms. The number of nitrogens with one attached hydrogen (secondary N) is 1. The topological polar surface area (TPSA) is 105 Å². The van der Waals surface area contributed by atoms with Crippen LogP contribution in [0.3, 0.4) is 0 Å². The zero-order valence-electron chi connectivity index (χ0n) is 24.0. The first kappa shape index (κ1) is 31.4. The highest BCUT2D eigenvalue weighted by molar-refractivity contribution is 9.10. The van der Waals surface area contributed by atoms with Crippen LogP contribution in [0.15, 0.2) is 77.3 Å². The number of anilines is 1. The normalized spacial score (nSPS) is 14.0. The molecule has 42 heavy (non-hydrogen) atoms. The van der Waals surface area contributed by atoms with Gasteiger partial charge in [0.15, 0.2) is 11.5 Å². The molecule has 1 N–H and O–H groups in total. The van der Waals surface area contributed by atoms with Crippen molar-refractivity contribution in [3.63, 3.8) is 0 Å². The number of hydrogen-bond acceptors (Lipinski definition) is 6. The summed E-state index contributed by atoms with van der Waals surface area (Å²) >= 11 is 3.44. The van der Waals surface area contributed by atoms with Crippen LogP contribution in [0.5, 0.6) is 11.5 Å². The third kappa shape index (κ3) is 8.25. The van der Waals surface area contributed by atoms with Gasteiger partial charge in [-0.25, -0.2) is 8.42 Å². The Balaban J connectivity index is 1.73. The molecule has 0 saturated heterocycles. The summed E-state index contributed by atoms with van der Waals surface area (Å²) < 4.78 is 39.2. The number of hydrogen-bond donors (Lipinski definition) is 1. The standard InChI is InChI=1S/C31H36BrN3O6S/c1-4-22(2)33-31(37)27(18-23-8-6-5-7-9-23)34(20-24-10-12-25(32)13-11-24)30(36)21-35(42(3,38)39)26-14-15-28-29(19-26)41-17-16-40-28/h5-15,19,22,27H,4,16-18,20-21H2,1-3H3,(H,33,37)/t22-,27-/m0/s1. The number of benzene rings is 3. The summed E-state index contributed by atoms with van der Waals surface area (Å²) in [7, 11) is -3.90. The molecule has 0 unspecified atom stereocenters. The van der Waals surface area contributed by atoms with E-state index >= 15 is 0 Å². The molecule has 3 aromatic rings. The Kier molecular flexibility index (Phi) is 10.5. The van der Waals surface area contributed by atoms with Gasteiger partial charge in [-0.1, -0.05) is 65.3 Å². The maximum atomic E-state index is 14.2. The molecule has 0 spiro atoms. The molecular weight excluding hydrogens is 622 g/mol. The number of rotatable bonds is 12. The SMILES string of the molecule is CC[C@H](C)NC(=O)[C@H](Cc1ccccc1)N(Cc1ccc(Br)cc1)C(=O)CN(c1ccc2c(c1)OCCO2)S(C)(=O)=O. The maximum absolute atomic E-state index is 14.2. The Labute approximate surface area is 256 Å². The molecule has 9 nitrogen and oxygen atoms in total. The van der Waals surface area contributed by atoms with E-state index in [1.165, 1.54) is 4.90 Å². The number of carbonyl (C=O) groups is 2. The highest BCUT2D eigenvalue weighted by atomic mass is 79.9. The molecule has 1 aliphatic heterocycles. The van der Waals surface area contributed by atoms with E-state index in [-0.39, 0.29) is 30.6 Å². The van der Waals surface area contributed by atoms with Crippen LogP contribution in [0, 0.1) is 0 Å². The first-order valence-corrected chi connectivity index (χ1v) is 16.4. The summed E-state index contributed by atoms with van der Waals surface area (Å²) in [5.41, 5.74) is 1.94. The minimum absolute atomic E-state index is 0.106. The van der Waals surface area contributed by atoms with Crippen LogP contribution in [-0.2, 0) is 32.6 Å². The van der Waals surface area contributed by atoms with Crippen molar-refractivity contribution in [1.82, 2.24) is 10.2 Å². The van der Waals surface area contributed by atoms with E-state index in [0.717, 1.165) is 32.6 Å². The summed E-state index contributed by atoms with van der Waals surface area (Å²) in [4.78, 5) is 29.4. The fraction of sp³-hybridized carbons (Fsp3) is 0.355. The Bertz CT molecular complexity index is 1480. The third-order valence-electron chi connectivity index (χ3n) is 7.03. The minimum Gasteiger partial charge on any atom is -0.486 e. The van der Waals surface area contributed by atoms with Gasteiger partial charge in [0.25, 0.3) is 0 Å². The van der Waals surface area contributed by atoms with Gasteiger partial charge in [-0.05, 0) is 48.7 Å². The second-order valence-corrected chi connectivity index (χ2v) is 13.1. The van der Waals surface area contributed by atoms with Crippen molar-refractivity contribution < 1.29 is 27.5 Å². The van der Waals surface area contributed by atoms with Gasteiger partial charge in [-0.2, -0.15) is 0 Å². The molecule has 2 atom stereocenters. The number of nitrogens with zero attached hydrogens (tertiary/aromatic N) is 2. The Hall–Kier alpha value is -3.57. The summed E-state index contributed by atoms with van der Waals surface area (Å²) in [6.45, 7) is 4.22. The van der Waals surface area contributed by atoms with E-state index in [4.69, 9.17) is 9.47 Å². The highest BCUT2D eigenvalue weighted by Crippen LogP contribution is 2.35. The number of sulfonamides is 1. The smallest absolute Gasteiger partial charge is 0.244 e. The zero-order valence-corrected chi connectivity index (χ0v) is 26.4. The molecule has 0 aliphatic carbocycles. The van der Waals surface area contributed by atoms with Gasteiger partial charge in [0.2, 0.25) is 21.8 Å². The fourth-order valence-corrected chi connectivity index (χ4v) is 5.69. The zero-order chi connectivity index (χ0) is 30.3. The van der Waals surface area contributed by atoms with Gasteiger partial charge >= 0.3 is 0 Å². The largest absolute Gasteiger partial charge is 0.486 e. The van der Waals surface area contributed by atoms with Crippen molar-refractivity contribution in [2.75, 3.05) is 30.3 Å². The lowest BCUT2D eigenvalue weighted by atomic mass is 10.0. The minimum atomic E-state index is -3.90. The first-order valence-electron chi connectivity index (χ1n) is 13.8. The molecular formula is C31H36BrN3O6S. The van der Waals surface area contributed by atoms with E-state index in [1.54, 1.807) is 18.2 Å². The van der Waals surface area contributed by atoms with Crippen LogP contribution in [0.1, 0.15) is 31.4 Å². The van der Waals surface area contributed by atoms with Crippen LogP contribution >= 0.6 is 15.9 Å². The fourth-order valence-electron chi connectivity index (χ4n) is 4.58. The monoisotopic (exact) mass is 657 g/mol. The second kappa shape index (κ2) is 14.1. The molecule has 1 aliphatic rings. The average Bonchev–Trinajstić information content (AvgIpc) is 2.98. The van der Waals surface area contributed by atoms with Gasteiger partial charge in [0, 0.05) is 29.5 Å². The van der Waals surface area contributed by atoms with E-state index < -0.39 is 28.5 Å². The van der Waals surface area contributed by atoms with Crippen LogP contribution in [-0.4, -0.2) is 63.2 Å². The summed E-state index contributed by atoms with van der Waals surface area (Å²) in [6.07, 6.45) is 2.03. The number of fused-ring (bicyclic) bond motifs is 1. The van der Waals surface area contributed by atoms with E-state index in [0.29, 0.717) is 24.7 Å². The van der Waals surface area contributed by atoms with E-state index in [1.807, 2.05) is 68.4 Å². The van der Waals surface area contributed by atoms with Crippen LogP contribution in [0.4, 0.5) is 5.69 Å². The van der Waals surface area contributed by atoms with Crippen LogP contribution < -0.4 is 19.1 Å². The lowest BCUT2D eigenvalue weighted by Gasteiger charge is -2.34. The molecule has 0 fully saturated rings. The number of amides is 2. The molecule has 3 aromatic carbocycles. The lowest BCUT2D eigenvalue weighted by molar-refractivity contribution is -0.140. The second-order valence-electron chi connectivity index (χ2n) is 10.3. The predicted molar refractivity (Wildman–Crippen MR) is 166 cm³/mol. The molecule has 0 aromatic heterocycles. The predicted octanol–water partition coefficient (Wildman–Crippen LogP) is 4.54. The molecule has 224 valence electrons. The van der Waals surface area contributed by atoms with E-state index in [2.05, 4.69) is 21.2 Å². The Morgan fingerprint density at radius 2 is 1.62 bits per heavy atom. The van der Waals surface area contributed by atoms with Gasteiger partial charge in [-0.3, -0.25) is 13.9 Å². The molecule has 0 bridgehead atoms. The Morgan fingerprint density at radius 1 is 0.952 bits per heavy atom. The summed E-state index contributed by atoms with van der Waals surface area (Å²) in [5.74, 6) is 0.0927. The molecule has 1 heterocycles. The highest BCUT2D eigenvalue weighted by Gasteiger charge is 2.33. The quantitative estimate of drug-likeness (QED) is 0.307. The Morgan fingerprint density at radius 3 is 2.26 bits per heavy atom. The van der Waals surface area contributed by atoms with Crippen molar-refractivity contribution in [3.05, 3.63) is 88.4 Å². The lowest BCUT2D eigenvalue weighted by Crippen LogP contribution is -2.54. The van der Waals surface area contributed by atoms with Crippen LogP contribution in [0.25, 0.3) is 0 Å². The van der Waals surface area contributed by atoms with Crippen molar-refractivity contribution >= 4 is 43.5 Å². The van der Waals surface area contributed by atoms with Gasteiger partial charge < -0.3 is 19.7 Å². The molecule has 2 amide bonds. The van der Waals surface area contributed by atoms with Gasteiger partial charge in [0.1, 0.15) is 25.8 Å². The molecule has 4 rings (SSSR count). The first-order chi connectivity index (χ1) is 20.0. The van der Waals surface area contributed by atoms with Crippen molar-refractivity contribution in [2.24, 2.45) is 0 Å². The van der Waals surface area contributed by atoms with Crippen molar-refractivity contribution in [1.29, 1.82) is 0 Å². The van der Waals surface area contributed by atoms with Crippen molar-refractivity contribution in [3.8, 4) is 11.5 Å². The molecule has 0 radical (unpaired) electrons. The third-order valence-corrected chi connectivity index (χ3v) is 8.70. The van der Waals surface area contributed by atoms with Crippen molar-refractivity contribution in [2.45, 2.75) is 45.3 Å². The molecule has 0 saturated carbocycles.